The summed E-state index contributed by atoms with van der Waals surface area (Å²) in [5, 5.41) is 12.4. The number of fused-ring (bicyclic) bond motifs is 14. The van der Waals surface area contributed by atoms with E-state index < -0.39 is 0 Å². The Labute approximate surface area is 323 Å². The van der Waals surface area contributed by atoms with Gasteiger partial charge in [-0.05, 0) is 76.1 Å². The van der Waals surface area contributed by atoms with Crippen LogP contribution in [-0.4, -0.2) is 15.0 Å². The third-order valence-corrected chi connectivity index (χ3v) is 11.5. The number of rotatable bonds is 3. The van der Waals surface area contributed by atoms with E-state index in [4.69, 9.17) is 28.2 Å². The number of hydrogen-bond acceptors (Lipinski definition) is 6. The fourth-order valence-electron chi connectivity index (χ4n) is 8.82. The normalized spacial score (nSPS) is 12.2. The highest BCUT2D eigenvalue weighted by Gasteiger charge is 2.23. The second-order valence-electron chi connectivity index (χ2n) is 14.7. The first kappa shape index (κ1) is 30.5. The highest BCUT2D eigenvalue weighted by molar-refractivity contribution is 6.22. The summed E-state index contributed by atoms with van der Waals surface area (Å²) >= 11 is 0. The predicted molar refractivity (Wildman–Crippen MR) is 230 cm³/mol. The molecule has 6 heteroatoms. The van der Waals surface area contributed by atoms with Gasteiger partial charge in [0.1, 0.15) is 33.5 Å². The van der Waals surface area contributed by atoms with Crippen LogP contribution in [0.15, 0.2) is 177 Å². The molecule has 0 aliphatic carbocycles. The van der Waals surface area contributed by atoms with E-state index >= 15 is 0 Å². The molecule has 4 heterocycles. The van der Waals surface area contributed by atoms with E-state index in [0.29, 0.717) is 17.5 Å². The lowest BCUT2D eigenvalue weighted by molar-refractivity contribution is 0.669. The molecular weight excluding hydrogens is 703 g/mol. The van der Waals surface area contributed by atoms with E-state index in [1.165, 1.54) is 0 Å². The molecule has 9 aromatic carbocycles. The van der Waals surface area contributed by atoms with Crippen molar-refractivity contribution < 1.29 is 13.3 Å². The molecule has 0 saturated heterocycles. The molecular formula is C51H27N3O3. The summed E-state index contributed by atoms with van der Waals surface area (Å²) in [5.74, 6) is 1.65. The van der Waals surface area contributed by atoms with E-state index in [0.717, 1.165) is 115 Å². The molecule has 4 aromatic heterocycles. The average molecular weight is 730 g/mol. The fraction of sp³-hybridized carbons (Fsp3) is 0. The second kappa shape index (κ2) is 11.4. The summed E-state index contributed by atoms with van der Waals surface area (Å²) in [6, 6.07) is 56.2. The summed E-state index contributed by atoms with van der Waals surface area (Å²) in [5.41, 5.74) is 7.47. The zero-order valence-electron chi connectivity index (χ0n) is 30.2. The first-order valence-electron chi connectivity index (χ1n) is 19.0. The van der Waals surface area contributed by atoms with E-state index in [-0.39, 0.29) is 0 Å². The van der Waals surface area contributed by atoms with Gasteiger partial charge in [0.05, 0.1) is 0 Å². The van der Waals surface area contributed by atoms with Gasteiger partial charge in [-0.1, -0.05) is 109 Å². The maximum absolute atomic E-state index is 6.62. The molecule has 0 atom stereocenters. The molecule has 6 nitrogen and oxygen atoms in total. The molecule has 0 unspecified atom stereocenters. The minimum Gasteiger partial charge on any atom is -0.456 e. The van der Waals surface area contributed by atoms with Crippen LogP contribution in [0.5, 0.6) is 0 Å². The number of benzene rings is 9. The smallest absolute Gasteiger partial charge is 0.164 e. The summed E-state index contributed by atoms with van der Waals surface area (Å²) in [7, 11) is 0. The minimum atomic E-state index is 0.551. The summed E-state index contributed by atoms with van der Waals surface area (Å²) in [4.78, 5) is 16.1. The van der Waals surface area contributed by atoms with Crippen LogP contribution in [0.3, 0.4) is 0 Å². The Morgan fingerprint density at radius 1 is 0.298 bits per heavy atom. The lowest BCUT2D eigenvalue weighted by atomic mass is 9.98. The van der Waals surface area contributed by atoms with E-state index in [9.17, 15) is 0 Å². The molecule has 0 radical (unpaired) electrons. The molecule has 0 amide bonds. The Morgan fingerprint density at radius 3 is 1.35 bits per heavy atom. The van der Waals surface area contributed by atoms with Crippen LogP contribution >= 0.6 is 0 Å². The molecule has 13 rings (SSSR count). The van der Waals surface area contributed by atoms with Crippen molar-refractivity contribution in [1.82, 2.24) is 15.0 Å². The van der Waals surface area contributed by atoms with Crippen LogP contribution in [0.4, 0.5) is 0 Å². The summed E-state index contributed by atoms with van der Waals surface area (Å²) in [6.45, 7) is 0. The van der Waals surface area contributed by atoms with Gasteiger partial charge >= 0.3 is 0 Å². The Morgan fingerprint density at radius 2 is 0.754 bits per heavy atom. The van der Waals surface area contributed by atoms with Crippen molar-refractivity contribution in [3.05, 3.63) is 164 Å². The standard InChI is InChI=1S/C51H27N3O3/c1-2-12-29-27-44-38(23-28(29)11-1)37-26-32(21-22-43(37)55-44)49-52-50(39-24-30-13-3-5-15-33(30)47-45(39)35-17-7-9-19-41(35)56-47)54-51(53-49)40-25-31-14-4-6-16-34(31)48-46(40)36-18-8-10-20-42(36)57-48/h1-27H. The van der Waals surface area contributed by atoms with Crippen molar-refractivity contribution in [3.63, 3.8) is 0 Å². The third kappa shape index (κ3) is 4.43. The maximum Gasteiger partial charge on any atom is 0.164 e. The monoisotopic (exact) mass is 729 g/mol. The topological polar surface area (TPSA) is 78.1 Å². The molecule has 0 bridgehead atoms. The highest BCUT2D eigenvalue weighted by atomic mass is 16.3. The van der Waals surface area contributed by atoms with Crippen LogP contribution in [0.25, 0.3) is 132 Å². The Kier molecular flexibility index (Phi) is 6.07. The van der Waals surface area contributed by atoms with Gasteiger partial charge in [-0.3, -0.25) is 0 Å². The molecule has 0 saturated carbocycles. The first-order valence-corrected chi connectivity index (χ1v) is 19.0. The number of para-hydroxylation sites is 2. The van der Waals surface area contributed by atoms with Crippen LogP contribution in [0, 0.1) is 0 Å². The first-order chi connectivity index (χ1) is 28.2. The van der Waals surface area contributed by atoms with Gasteiger partial charge in [0.25, 0.3) is 0 Å². The van der Waals surface area contributed by atoms with Gasteiger partial charge in [0, 0.05) is 59.8 Å². The average Bonchev–Trinajstić information content (AvgIpc) is 3.96. The van der Waals surface area contributed by atoms with Crippen LogP contribution in [-0.2, 0) is 0 Å². The van der Waals surface area contributed by atoms with Crippen molar-refractivity contribution in [1.29, 1.82) is 0 Å². The van der Waals surface area contributed by atoms with Crippen LogP contribution in [0.1, 0.15) is 0 Å². The van der Waals surface area contributed by atoms with Gasteiger partial charge < -0.3 is 13.3 Å². The molecule has 0 aliphatic heterocycles. The van der Waals surface area contributed by atoms with Crippen LogP contribution < -0.4 is 0 Å². The van der Waals surface area contributed by atoms with Gasteiger partial charge in [0.15, 0.2) is 17.5 Å². The SMILES string of the molecule is c1ccc2cc3c(cc2c1)oc1ccc(-c2nc(-c4cc5ccccc5c5oc6ccccc6c45)nc(-c4cc5ccccc5c5oc6ccccc6c45)n2)cc13. The fourth-order valence-corrected chi connectivity index (χ4v) is 8.82. The van der Waals surface area contributed by atoms with Gasteiger partial charge in [-0.25, -0.2) is 15.0 Å². The second-order valence-corrected chi connectivity index (χ2v) is 14.7. The Balaban J connectivity index is 1.15. The van der Waals surface area contributed by atoms with E-state index in [1.54, 1.807) is 0 Å². The maximum atomic E-state index is 6.62. The molecule has 0 N–H and O–H groups in total. The molecule has 0 fully saturated rings. The van der Waals surface area contributed by atoms with Gasteiger partial charge in [0.2, 0.25) is 0 Å². The third-order valence-electron chi connectivity index (χ3n) is 11.5. The van der Waals surface area contributed by atoms with Crippen molar-refractivity contribution in [2.75, 3.05) is 0 Å². The van der Waals surface area contributed by atoms with E-state index in [2.05, 4.69) is 91.0 Å². The summed E-state index contributed by atoms with van der Waals surface area (Å²) < 4.78 is 19.6. The largest absolute Gasteiger partial charge is 0.456 e. The minimum absolute atomic E-state index is 0.551. The molecule has 0 aliphatic rings. The molecule has 13 aromatic rings. The number of aromatic nitrogens is 3. The predicted octanol–water partition coefficient (Wildman–Crippen LogP) is 14.0. The molecule has 0 spiro atoms. The zero-order valence-corrected chi connectivity index (χ0v) is 30.2. The molecule has 57 heavy (non-hydrogen) atoms. The van der Waals surface area contributed by atoms with Crippen LogP contribution in [0.2, 0.25) is 0 Å². The lowest BCUT2D eigenvalue weighted by Crippen LogP contribution is -2.01. The number of hydrogen-bond donors (Lipinski definition) is 0. The van der Waals surface area contributed by atoms with E-state index in [1.807, 2.05) is 72.8 Å². The van der Waals surface area contributed by atoms with Gasteiger partial charge in [-0.15, -0.1) is 0 Å². The van der Waals surface area contributed by atoms with Crippen molar-refractivity contribution in [2.45, 2.75) is 0 Å². The van der Waals surface area contributed by atoms with Crippen molar-refractivity contribution in [3.8, 4) is 34.2 Å². The van der Waals surface area contributed by atoms with Gasteiger partial charge in [-0.2, -0.15) is 0 Å². The van der Waals surface area contributed by atoms with Crippen molar-refractivity contribution >= 4 is 98.1 Å². The highest BCUT2D eigenvalue weighted by Crippen LogP contribution is 2.44. The number of furan rings is 3. The quantitative estimate of drug-likeness (QED) is 0.180. The summed E-state index contributed by atoms with van der Waals surface area (Å²) in [6.07, 6.45) is 0. The zero-order chi connectivity index (χ0) is 37.2. The van der Waals surface area contributed by atoms with Crippen molar-refractivity contribution in [2.24, 2.45) is 0 Å². The number of nitrogens with zero attached hydrogens (tertiary/aromatic N) is 3. The Bertz CT molecular complexity index is 3660. The molecule has 264 valence electrons. The Hall–Kier alpha value is -7.83. The lowest BCUT2D eigenvalue weighted by Gasteiger charge is -2.12.